The van der Waals surface area contributed by atoms with Gasteiger partial charge in [0, 0.05) is 24.4 Å². The van der Waals surface area contributed by atoms with Crippen molar-refractivity contribution in [1.29, 1.82) is 0 Å². The van der Waals surface area contributed by atoms with Gasteiger partial charge in [-0.3, -0.25) is 9.78 Å². The van der Waals surface area contributed by atoms with Crippen LogP contribution in [0.25, 0.3) is 11.1 Å². The minimum Gasteiger partial charge on any atom is -0.375 e. The second kappa shape index (κ2) is 6.13. The molecule has 0 radical (unpaired) electrons. The zero-order valence-electron chi connectivity index (χ0n) is 12.9. The van der Waals surface area contributed by atoms with Gasteiger partial charge in [0.1, 0.15) is 0 Å². The Labute approximate surface area is 135 Å². The normalized spacial score (nSPS) is 25.5. The van der Waals surface area contributed by atoms with E-state index in [0.717, 1.165) is 36.1 Å². The van der Waals surface area contributed by atoms with Crippen molar-refractivity contribution in [3.05, 3.63) is 48.8 Å². The molecule has 2 saturated heterocycles. The van der Waals surface area contributed by atoms with Crippen LogP contribution in [0.5, 0.6) is 0 Å². The van der Waals surface area contributed by atoms with Crippen LogP contribution in [0, 0.1) is 5.92 Å². The highest BCUT2D eigenvalue weighted by Gasteiger charge is 2.41. The number of rotatable bonds is 4. The van der Waals surface area contributed by atoms with Crippen LogP contribution in [0.4, 0.5) is 5.69 Å². The monoisotopic (exact) mass is 308 g/mol. The Balaban J connectivity index is 1.47. The van der Waals surface area contributed by atoms with E-state index in [-0.39, 0.29) is 12.0 Å². The van der Waals surface area contributed by atoms with Gasteiger partial charge in [0.15, 0.2) is 0 Å². The summed E-state index contributed by atoms with van der Waals surface area (Å²) in [5.41, 5.74) is 2.82. The summed E-state index contributed by atoms with van der Waals surface area (Å²) in [5, 5.41) is 3.06. The Kier molecular flexibility index (Phi) is 3.83. The first-order chi connectivity index (χ1) is 11.3. The Morgan fingerprint density at radius 2 is 2.09 bits per heavy atom. The quantitative estimate of drug-likeness (QED) is 0.938. The number of hydrogen-bond acceptors (Lipinski definition) is 3. The molecule has 0 spiro atoms. The molecule has 3 heterocycles. The van der Waals surface area contributed by atoms with E-state index >= 15 is 0 Å². The van der Waals surface area contributed by atoms with E-state index in [4.69, 9.17) is 4.74 Å². The van der Waals surface area contributed by atoms with E-state index in [1.54, 1.807) is 12.4 Å². The van der Waals surface area contributed by atoms with E-state index in [1.807, 2.05) is 36.4 Å². The summed E-state index contributed by atoms with van der Waals surface area (Å²) in [5.74, 6) is 0.435. The number of fused-ring (bicyclic) bond motifs is 2. The summed E-state index contributed by atoms with van der Waals surface area (Å²) in [6, 6.07) is 11.9. The van der Waals surface area contributed by atoms with Crippen LogP contribution >= 0.6 is 0 Å². The fourth-order valence-electron chi connectivity index (χ4n) is 3.75. The molecule has 1 aromatic carbocycles. The van der Waals surface area contributed by atoms with Crippen molar-refractivity contribution in [1.82, 2.24) is 4.98 Å². The minimum absolute atomic E-state index is 0.0644. The second-order valence-corrected chi connectivity index (χ2v) is 6.41. The average molecular weight is 308 g/mol. The van der Waals surface area contributed by atoms with Crippen LogP contribution in [0.2, 0.25) is 0 Å². The molecule has 118 valence electrons. The molecule has 0 aliphatic carbocycles. The molecule has 3 atom stereocenters. The maximum absolute atomic E-state index is 12.4. The molecule has 3 unspecified atom stereocenters. The second-order valence-electron chi connectivity index (χ2n) is 6.41. The highest BCUT2D eigenvalue weighted by atomic mass is 16.5. The number of benzene rings is 1. The predicted molar refractivity (Wildman–Crippen MR) is 88.9 cm³/mol. The van der Waals surface area contributed by atoms with Gasteiger partial charge in [0.25, 0.3) is 0 Å². The van der Waals surface area contributed by atoms with Crippen molar-refractivity contribution in [3.8, 4) is 11.1 Å². The highest BCUT2D eigenvalue weighted by Crippen LogP contribution is 2.40. The van der Waals surface area contributed by atoms with Gasteiger partial charge >= 0.3 is 0 Å². The number of nitrogens with zero attached hydrogens (tertiary/aromatic N) is 1. The molecule has 2 aromatic rings. The number of nitrogens with one attached hydrogen (secondary N) is 1. The first-order valence-electron chi connectivity index (χ1n) is 8.24. The molecular weight excluding hydrogens is 288 g/mol. The zero-order chi connectivity index (χ0) is 15.6. The molecule has 0 saturated carbocycles. The SMILES string of the molecule is O=C(CC1CC2CCC1O2)Nc1ccncc1-c1ccccc1. The molecule has 2 fully saturated rings. The smallest absolute Gasteiger partial charge is 0.224 e. The molecule has 4 rings (SSSR count). The Morgan fingerprint density at radius 1 is 1.22 bits per heavy atom. The third-order valence-corrected chi connectivity index (χ3v) is 4.86. The van der Waals surface area contributed by atoms with E-state index in [9.17, 15) is 4.79 Å². The Bertz CT molecular complexity index is 702. The molecule has 2 aliphatic rings. The topological polar surface area (TPSA) is 51.2 Å². The maximum Gasteiger partial charge on any atom is 0.224 e. The fraction of sp³-hybridized carbons (Fsp3) is 0.368. The van der Waals surface area contributed by atoms with Gasteiger partial charge in [-0.15, -0.1) is 0 Å². The summed E-state index contributed by atoms with van der Waals surface area (Å²) < 4.78 is 5.84. The molecule has 1 amide bonds. The number of pyridine rings is 1. The predicted octanol–water partition coefficient (Wildman–Crippen LogP) is 3.64. The summed E-state index contributed by atoms with van der Waals surface area (Å²) in [6.45, 7) is 0. The lowest BCUT2D eigenvalue weighted by Crippen LogP contribution is -2.23. The largest absolute Gasteiger partial charge is 0.375 e. The standard InChI is InChI=1S/C19H20N2O2/c22-19(11-14-10-15-6-7-18(14)23-15)21-17-8-9-20-12-16(17)13-4-2-1-3-5-13/h1-5,8-9,12,14-15,18H,6-7,10-11H2,(H,20,21,22). The summed E-state index contributed by atoms with van der Waals surface area (Å²) in [4.78, 5) is 16.6. The molecule has 2 aliphatic heterocycles. The lowest BCUT2D eigenvalue weighted by Gasteiger charge is -2.18. The van der Waals surface area contributed by atoms with E-state index in [2.05, 4.69) is 10.3 Å². The molecule has 4 nitrogen and oxygen atoms in total. The number of aromatic nitrogens is 1. The van der Waals surface area contributed by atoms with Crippen LogP contribution in [0.3, 0.4) is 0 Å². The van der Waals surface area contributed by atoms with Crippen LogP contribution < -0.4 is 5.32 Å². The van der Waals surface area contributed by atoms with Crippen molar-refractivity contribution < 1.29 is 9.53 Å². The average Bonchev–Trinajstić information content (AvgIpc) is 3.19. The zero-order valence-corrected chi connectivity index (χ0v) is 12.9. The van der Waals surface area contributed by atoms with Crippen molar-refractivity contribution in [3.63, 3.8) is 0 Å². The number of amides is 1. The van der Waals surface area contributed by atoms with Crippen LogP contribution in [-0.4, -0.2) is 23.1 Å². The first-order valence-corrected chi connectivity index (χ1v) is 8.24. The first kappa shape index (κ1) is 14.4. The van der Waals surface area contributed by atoms with Gasteiger partial charge in [0.05, 0.1) is 17.9 Å². The molecule has 1 N–H and O–H groups in total. The van der Waals surface area contributed by atoms with Crippen molar-refractivity contribution >= 4 is 11.6 Å². The molecule has 4 heteroatoms. The maximum atomic E-state index is 12.4. The van der Waals surface area contributed by atoms with Gasteiger partial charge in [-0.1, -0.05) is 30.3 Å². The van der Waals surface area contributed by atoms with Gasteiger partial charge in [-0.25, -0.2) is 0 Å². The third kappa shape index (κ3) is 2.99. The van der Waals surface area contributed by atoms with Gasteiger partial charge in [-0.05, 0) is 36.8 Å². The van der Waals surface area contributed by atoms with E-state index in [1.165, 1.54) is 0 Å². The fourth-order valence-corrected chi connectivity index (χ4v) is 3.75. The van der Waals surface area contributed by atoms with E-state index in [0.29, 0.717) is 18.4 Å². The lowest BCUT2D eigenvalue weighted by atomic mass is 9.87. The van der Waals surface area contributed by atoms with Crippen molar-refractivity contribution in [2.45, 2.75) is 37.9 Å². The number of ether oxygens (including phenoxy) is 1. The molecule has 23 heavy (non-hydrogen) atoms. The Hall–Kier alpha value is -2.20. The summed E-state index contributed by atoms with van der Waals surface area (Å²) in [6.07, 6.45) is 8.01. The van der Waals surface area contributed by atoms with Gasteiger partial charge < -0.3 is 10.1 Å². The third-order valence-electron chi connectivity index (χ3n) is 4.86. The molecule has 1 aromatic heterocycles. The number of carbonyl (C=O) groups is 1. The molecular formula is C19H20N2O2. The summed E-state index contributed by atoms with van der Waals surface area (Å²) in [7, 11) is 0. The van der Waals surface area contributed by atoms with Crippen LogP contribution in [0.1, 0.15) is 25.7 Å². The van der Waals surface area contributed by atoms with E-state index < -0.39 is 0 Å². The number of hydrogen-bond donors (Lipinski definition) is 1. The Morgan fingerprint density at radius 3 is 2.83 bits per heavy atom. The van der Waals surface area contributed by atoms with Gasteiger partial charge in [-0.2, -0.15) is 0 Å². The minimum atomic E-state index is 0.0644. The van der Waals surface area contributed by atoms with Crippen LogP contribution in [0.15, 0.2) is 48.8 Å². The number of carbonyl (C=O) groups excluding carboxylic acids is 1. The molecule has 2 bridgehead atoms. The van der Waals surface area contributed by atoms with Crippen LogP contribution in [-0.2, 0) is 9.53 Å². The van der Waals surface area contributed by atoms with Crippen molar-refractivity contribution in [2.24, 2.45) is 5.92 Å². The van der Waals surface area contributed by atoms with Gasteiger partial charge in [0.2, 0.25) is 5.91 Å². The van der Waals surface area contributed by atoms with Crippen molar-refractivity contribution in [2.75, 3.05) is 5.32 Å². The number of anilines is 1. The lowest BCUT2D eigenvalue weighted by molar-refractivity contribution is -0.117. The summed E-state index contributed by atoms with van der Waals surface area (Å²) >= 11 is 0. The highest BCUT2D eigenvalue weighted by molar-refractivity contribution is 5.95.